The van der Waals surface area contributed by atoms with Crippen LogP contribution in [0.4, 0.5) is 0 Å². The van der Waals surface area contributed by atoms with Crippen molar-refractivity contribution in [3.63, 3.8) is 0 Å². The van der Waals surface area contributed by atoms with E-state index in [1.807, 2.05) is 6.92 Å². The quantitative estimate of drug-likeness (QED) is 0.462. The van der Waals surface area contributed by atoms with E-state index in [0.29, 0.717) is 0 Å². The Morgan fingerprint density at radius 1 is 1.14 bits per heavy atom. The standard InChI is InChI=1S/C10H23O3P/c1-5-6-7-8-9-10(2)14(11,12-3)13-4/h10H,5-9H2,1-4H3/t10-/m1/s1. The Bertz CT molecular complexity index is 174. The van der Waals surface area contributed by atoms with Crippen LogP contribution in [0, 0.1) is 0 Å². The molecular formula is C10H23O3P. The molecule has 0 aliphatic heterocycles. The largest absolute Gasteiger partial charge is 0.332 e. The van der Waals surface area contributed by atoms with Gasteiger partial charge in [-0.2, -0.15) is 0 Å². The minimum absolute atomic E-state index is 0.00866. The van der Waals surface area contributed by atoms with Crippen LogP contribution in [0.25, 0.3) is 0 Å². The van der Waals surface area contributed by atoms with Gasteiger partial charge in [-0.1, -0.05) is 39.5 Å². The van der Waals surface area contributed by atoms with Crippen LogP contribution in [-0.2, 0) is 13.6 Å². The SMILES string of the molecule is CCCCCC[C@@H](C)P(=O)(OC)OC. The van der Waals surface area contributed by atoms with E-state index < -0.39 is 7.60 Å². The Balaban J connectivity index is 3.82. The molecule has 86 valence electrons. The summed E-state index contributed by atoms with van der Waals surface area (Å²) in [5.41, 5.74) is 0.00866. The van der Waals surface area contributed by atoms with Gasteiger partial charge in [0.05, 0.1) is 5.66 Å². The predicted octanol–water partition coefficient (Wildman–Crippen LogP) is 3.83. The van der Waals surface area contributed by atoms with Gasteiger partial charge in [0.2, 0.25) is 0 Å². The maximum atomic E-state index is 11.9. The second-order valence-electron chi connectivity index (χ2n) is 3.60. The predicted molar refractivity (Wildman–Crippen MR) is 59.8 cm³/mol. The van der Waals surface area contributed by atoms with Crippen molar-refractivity contribution in [2.75, 3.05) is 14.2 Å². The van der Waals surface area contributed by atoms with Gasteiger partial charge in [0.15, 0.2) is 0 Å². The van der Waals surface area contributed by atoms with E-state index in [2.05, 4.69) is 6.92 Å². The molecule has 0 unspecified atom stereocenters. The Hall–Kier alpha value is 0.150. The van der Waals surface area contributed by atoms with Gasteiger partial charge in [-0.15, -0.1) is 0 Å². The number of hydrogen-bond donors (Lipinski definition) is 0. The highest BCUT2D eigenvalue weighted by molar-refractivity contribution is 7.54. The second-order valence-corrected chi connectivity index (χ2v) is 6.29. The van der Waals surface area contributed by atoms with Crippen molar-refractivity contribution >= 4 is 7.60 Å². The molecule has 3 nitrogen and oxygen atoms in total. The summed E-state index contributed by atoms with van der Waals surface area (Å²) in [5.74, 6) is 0. The lowest BCUT2D eigenvalue weighted by Crippen LogP contribution is -2.06. The average molecular weight is 222 g/mol. The fourth-order valence-electron chi connectivity index (χ4n) is 1.46. The van der Waals surface area contributed by atoms with Gasteiger partial charge >= 0.3 is 7.60 Å². The third kappa shape index (κ3) is 4.59. The maximum Gasteiger partial charge on any atom is 0.332 e. The second kappa shape index (κ2) is 7.44. The minimum Gasteiger partial charge on any atom is -0.312 e. The number of hydrogen-bond acceptors (Lipinski definition) is 3. The smallest absolute Gasteiger partial charge is 0.312 e. The van der Waals surface area contributed by atoms with Crippen molar-refractivity contribution in [3.05, 3.63) is 0 Å². The Morgan fingerprint density at radius 3 is 2.14 bits per heavy atom. The summed E-state index contributed by atoms with van der Waals surface area (Å²) in [6.45, 7) is 4.11. The van der Waals surface area contributed by atoms with Crippen molar-refractivity contribution in [3.8, 4) is 0 Å². The van der Waals surface area contributed by atoms with Crippen molar-refractivity contribution in [2.45, 2.75) is 51.6 Å². The monoisotopic (exact) mass is 222 g/mol. The molecule has 0 rings (SSSR count). The van der Waals surface area contributed by atoms with Crippen LogP contribution in [0.1, 0.15) is 46.0 Å². The maximum absolute atomic E-state index is 11.9. The van der Waals surface area contributed by atoms with E-state index in [0.717, 1.165) is 12.8 Å². The van der Waals surface area contributed by atoms with Crippen LogP contribution in [-0.4, -0.2) is 19.9 Å². The highest BCUT2D eigenvalue weighted by Gasteiger charge is 2.29. The molecule has 0 radical (unpaired) electrons. The van der Waals surface area contributed by atoms with Crippen LogP contribution in [0.2, 0.25) is 0 Å². The lowest BCUT2D eigenvalue weighted by atomic mass is 10.1. The first-order chi connectivity index (χ1) is 6.60. The lowest BCUT2D eigenvalue weighted by molar-refractivity contribution is 0.265. The Kier molecular flexibility index (Phi) is 7.52. The summed E-state index contributed by atoms with van der Waals surface area (Å²) < 4.78 is 21.7. The highest BCUT2D eigenvalue weighted by atomic mass is 31.2. The molecule has 1 atom stereocenters. The van der Waals surface area contributed by atoms with Crippen molar-refractivity contribution in [1.29, 1.82) is 0 Å². The van der Waals surface area contributed by atoms with E-state index in [1.54, 1.807) is 0 Å². The zero-order valence-electron chi connectivity index (χ0n) is 9.78. The van der Waals surface area contributed by atoms with Gasteiger partial charge in [-0.05, 0) is 6.42 Å². The minimum atomic E-state index is -2.82. The number of unbranched alkanes of at least 4 members (excludes halogenated alkanes) is 3. The van der Waals surface area contributed by atoms with Crippen molar-refractivity contribution in [2.24, 2.45) is 0 Å². The van der Waals surface area contributed by atoms with Gasteiger partial charge < -0.3 is 9.05 Å². The van der Waals surface area contributed by atoms with E-state index in [9.17, 15) is 4.57 Å². The summed E-state index contributed by atoms with van der Waals surface area (Å²) in [6, 6.07) is 0. The third-order valence-electron chi connectivity index (χ3n) is 2.52. The first kappa shape index (κ1) is 14.2. The zero-order valence-corrected chi connectivity index (χ0v) is 10.7. The zero-order chi connectivity index (χ0) is 11.0. The summed E-state index contributed by atoms with van der Waals surface area (Å²) >= 11 is 0. The lowest BCUT2D eigenvalue weighted by Gasteiger charge is -2.20. The van der Waals surface area contributed by atoms with Crippen LogP contribution < -0.4 is 0 Å². The van der Waals surface area contributed by atoms with Crippen LogP contribution in [0.3, 0.4) is 0 Å². The van der Waals surface area contributed by atoms with E-state index >= 15 is 0 Å². The van der Waals surface area contributed by atoms with Gasteiger partial charge in [-0.25, -0.2) is 0 Å². The molecule has 0 aliphatic carbocycles. The number of rotatable bonds is 8. The fraction of sp³-hybridized carbons (Fsp3) is 1.00. The molecule has 4 heteroatoms. The van der Waals surface area contributed by atoms with E-state index in [4.69, 9.17) is 9.05 Å². The Morgan fingerprint density at radius 2 is 1.71 bits per heavy atom. The van der Waals surface area contributed by atoms with E-state index in [-0.39, 0.29) is 5.66 Å². The van der Waals surface area contributed by atoms with Crippen LogP contribution in [0.15, 0.2) is 0 Å². The van der Waals surface area contributed by atoms with Gasteiger partial charge in [0.25, 0.3) is 0 Å². The van der Waals surface area contributed by atoms with Crippen LogP contribution in [0.5, 0.6) is 0 Å². The molecule has 0 fully saturated rings. The fourth-order valence-corrected chi connectivity index (χ4v) is 2.83. The summed E-state index contributed by atoms with van der Waals surface area (Å²) in [4.78, 5) is 0. The molecule has 14 heavy (non-hydrogen) atoms. The summed E-state index contributed by atoms with van der Waals surface area (Å²) in [5, 5.41) is 0. The molecule has 0 aromatic rings. The van der Waals surface area contributed by atoms with Crippen molar-refractivity contribution < 1.29 is 13.6 Å². The molecule has 0 bridgehead atoms. The normalized spacial score (nSPS) is 14.3. The first-order valence-corrected chi connectivity index (χ1v) is 6.93. The average Bonchev–Trinajstić information content (AvgIpc) is 2.22. The van der Waals surface area contributed by atoms with Gasteiger partial charge in [-0.3, -0.25) is 4.57 Å². The molecule has 0 aromatic heterocycles. The molecular weight excluding hydrogens is 199 g/mol. The molecule has 0 aromatic carbocycles. The Labute approximate surface area is 87.7 Å². The molecule has 0 amide bonds. The molecule has 0 spiro atoms. The molecule has 0 aliphatic rings. The third-order valence-corrected chi connectivity index (χ3v) is 4.88. The molecule has 0 heterocycles. The van der Waals surface area contributed by atoms with E-state index in [1.165, 1.54) is 33.5 Å². The van der Waals surface area contributed by atoms with Crippen molar-refractivity contribution in [1.82, 2.24) is 0 Å². The highest BCUT2D eigenvalue weighted by Crippen LogP contribution is 2.52. The van der Waals surface area contributed by atoms with Gasteiger partial charge in [0.1, 0.15) is 0 Å². The van der Waals surface area contributed by atoms with Crippen LogP contribution >= 0.6 is 7.60 Å². The summed E-state index contributed by atoms with van der Waals surface area (Å²) in [7, 11) is 0.0816. The summed E-state index contributed by atoms with van der Waals surface area (Å²) in [6.07, 6.45) is 5.69. The molecule has 0 saturated heterocycles. The first-order valence-electron chi connectivity index (χ1n) is 5.32. The topological polar surface area (TPSA) is 35.5 Å². The molecule has 0 saturated carbocycles. The molecule has 0 N–H and O–H groups in total. The van der Waals surface area contributed by atoms with Gasteiger partial charge in [0, 0.05) is 14.2 Å².